The van der Waals surface area contributed by atoms with Crippen molar-refractivity contribution in [2.75, 3.05) is 27.6 Å². The Labute approximate surface area is 147 Å². The van der Waals surface area contributed by atoms with Crippen LogP contribution in [0.1, 0.15) is 31.9 Å². The van der Waals surface area contributed by atoms with Crippen molar-refractivity contribution >= 4 is 8.32 Å². The number of aliphatic hydroxyl groups is 1. The van der Waals surface area contributed by atoms with Gasteiger partial charge in [-0.05, 0) is 36.2 Å². The highest BCUT2D eigenvalue weighted by atomic mass is 28.4. The fourth-order valence-electron chi connectivity index (χ4n) is 2.01. The van der Waals surface area contributed by atoms with Crippen LogP contribution in [0, 0.1) is 0 Å². The van der Waals surface area contributed by atoms with Gasteiger partial charge in [0.1, 0.15) is 11.5 Å². The number of hydrogen-bond acceptors (Lipinski definition) is 5. The molecule has 1 rings (SSSR count). The van der Waals surface area contributed by atoms with Crippen molar-refractivity contribution in [3.05, 3.63) is 23.3 Å². The number of hydrogen-bond donors (Lipinski definition) is 1. The molecular weight excluding hydrogens is 324 g/mol. The fourth-order valence-corrected chi connectivity index (χ4v) is 2.96. The largest absolute Gasteiger partial charge is 0.496 e. The molecule has 1 aromatic rings. The maximum atomic E-state index is 9.31. The molecule has 0 heterocycles. The van der Waals surface area contributed by atoms with Crippen molar-refractivity contribution in [3.8, 4) is 11.5 Å². The van der Waals surface area contributed by atoms with Crippen LogP contribution in [0.2, 0.25) is 18.1 Å². The molecule has 0 radical (unpaired) electrons. The molecule has 24 heavy (non-hydrogen) atoms. The number of ether oxygens (including phenoxy) is 3. The fraction of sp³-hybridized carbons (Fsp3) is 0.667. The molecule has 0 saturated heterocycles. The predicted octanol–water partition coefficient (Wildman–Crippen LogP) is 3.73. The van der Waals surface area contributed by atoms with Gasteiger partial charge in [0, 0.05) is 25.3 Å². The second kappa shape index (κ2) is 8.85. The maximum absolute atomic E-state index is 9.31. The standard InChI is InChI=1S/C18H32O5Si/c1-18(2,3)24(6,7)23-12-15-10-14(8-9-19)17(22-13-20-4)11-16(15)21-5/h10-11,19H,8-9,12-13H2,1-7H3. The van der Waals surface area contributed by atoms with Crippen LogP contribution >= 0.6 is 0 Å². The van der Waals surface area contributed by atoms with Crippen LogP contribution in [-0.2, 0) is 22.2 Å². The lowest BCUT2D eigenvalue weighted by Gasteiger charge is -2.36. The zero-order chi connectivity index (χ0) is 18.4. The lowest BCUT2D eigenvalue weighted by Crippen LogP contribution is -2.40. The summed E-state index contributed by atoms with van der Waals surface area (Å²) in [5.41, 5.74) is 1.89. The van der Waals surface area contributed by atoms with Crippen LogP contribution in [0.5, 0.6) is 11.5 Å². The van der Waals surface area contributed by atoms with Gasteiger partial charge in [-0.2, -0.15) is 0 Å². The van der Waals surface area contributed by atoms with Crippen molar-refractivity contribution in [1.82, 2.24) is 0 Å². The first-order valence-corrected chi connectivity index (χ1v) is 11.1. The molecule has 0 aliphatic heterocycles. The molecule has 138 valence electrons. The third kappa shape index (κ3) is 5.48. The Morgan fingerprint density at radius 1 is 1.04 bits per heavy atom. The number of benzene rings is 1. The molecule has 0 bridgehead atoms. The van der Waals surface area contributed by atoms with Gasteiger partial charge in [-0.25, -0.2) is 0 Å². The minimum atomic E-state index is -1.85. The first-order chi connectivity index (χ1) is 11.2. The first kappa shape index (κ1) is 21.0. The number of rotatable bonds is 9. The Hall–Kier alpha value is -1.08. The second-order valence-electron chi connectivity index (χ2n) is 7.35. The first-order valence-electron chi connectivity index (χ1n) is 8.22. The van der Waals surface area contributed by atoms with Crippen molar-refractivity contribution in [1.29, 1.82) is 0 Å². The summed E-state index contributed by atoms with van der Waals surface area (Å²) in [6, 6.07) is 3.83. The molecule has 5 nitrogen and oxygen atoms in total. The lowest BCUT2D eigenvalue weighted by atomic mass is 10.1. The van der Waals surface area contributed by atoms with Crippen LogP contribution in [-0.4, -0.2) is 41.0 Å². The normalized spacial score (nSPS) is 12.3. The van der Waals surface area contributed by atoms with Crippen molar-refractivity contribution in [3.63, 3.8) is 0 Å². The molecule has 0 spiro atoms. The highest BCUT2D eigenvalue weighted by Gasteiger charge is 2.37. The molecule has 0 atom stereocenters. The van der Waals surface area contributed by atoms with E-state index in [1.54, 1.807) is 14.2 Å². The lowest BCUT2D eigenvalue weighted by molar-refractivity contribution is 0.0500. The summed E-state index contributed by atoms with van der Waals surface area (Å²) in [7, 11) is 1.36. The van der Waals surface area contributed by atoms with Gasteiger partial charge in [0.15, 0.2) is 15.1 Å². The van der Waals surface area contributed by atoms with Gasteiger partial charge in [0.05, 0.1) is 13.7 Å². The summed E-state index contributed by atoms with van der Waals surface area (Å²) in [5.74, 6) is 1.39. The summed E-state index contributed by atoms with van der Waals surface area (Å²) >= 11 is 0. The van der Waals surface area contributed by atoms with E-state index in [4.69, 9.17) is 18.6 Å². The van der Waals surface area contributed by atoms with E-state index in [9.17, 15) is 5.11 Å². The SMILES string of the molecule is COCOc1cc(OC)c(CO[Si](C)(C)C(C)(C)C)cc1CCO. The molecule has 6 heteroatoms. The van der Waals surface area contributed by atoms with Gasteiger partial charge >= 0.3 is 0 Å². The molecular formula is C18H32O5Si. The van der Waals surface area contributed by atoms with Crippen LogP contribution in [0.15, 0.2) is 12.1 Å². The topological polar surface area (TPSA) is 57.2 Å². The van der Waals surface area contributed by atoms with Crippen LogP contribution in [0.4, 0.5) is 0 Å². The van der Waals surface area contributed by atoms with Crippen molar-refractivity contribution < 1.29 is 23.7 Å². The average Bonchev–Trinajstić information content (AvgIpc) is 2.51. The Balaban J connectivity index is 3.07. The van der Waals surface area contributed by atoms with E-state index in [-0.39, 0.29) is 18.4 Å². The van der Waals surface area contributed by atoms with E-state index in [0.717, 1.165) is 16.9 Å². The molecule has 0 amide bonds. The Morgan fingerprint density at radius 3 is 2.21 bits per heavy atom. The predicted molar refractivity (Wildman–Crippen MR) is 98.3 cm³/mol. The van der Waals surface area contributed by atoms with E-state index in [1.165, 1.54) is 0 Å². The third-order valence-electron chi connectivity index (χ3n) is 4.57. The van der Waals surface area contributed by atoms with E-state index in [2.05, 4.69) is 33.9 Å². The van der Waals surface area contributed by atoms with Crippen LogP contribution in [0.3, 0.4) is 0 Å². The monoisotopic (exact) mass is 356 g/mol. The molecule has 0 aliphatic carbocycles. The summed E-state index contributed by atoms with van der Waals surface area (Å²) in [5, 5.41) is 9.46. The van der Waals surface area contributed by atoms with Gasteiger partial charge in [0.2, 0.25) is 0 Å². The van der Waals surface area contributed by atoms with E-state index in [0.29, 0.717) is 18.8 Å². The molecule has 1 N–H and O–H groups in total. The smallest absolute Gasteiger partial charge is 0.192 e. The van der Waals surface area contributed by atoms with Gasteiger partial charge in [-0.3, -0.25) is 0 Å². The van der Waals surface area contributed by atoms with Gasteiger partial charge in [-0.15, -0.1) is 0 Å². The van der Waals surface area contributed by atoms with Gasteiger partial charge in [-0.1, -0.05) is 20.8 Å². The Bertz CT molecular complexity index is 523. The summed E-state index contributed by atoms with van der Waals surface area (Å²) in [6.07, 6.45) is 0.510. The maximum Gasteiger partial charge on any atom is 0.192 e. The average molecular weight is 357 g/mol. The zero-order valence-corrected chi connectivity index (χ0v) is 17.1. The number of methoxy groups -OCH3 is 2. The molecule has 1 aromatic carbocycles. The third-order valence-corrected chi connectivity index (χ3v) is 9.05. The summed E-state index contributed by atoms with van der Waals surface area (Å²) in [4.78, 5) is 0. The molecule has 0 unspecified atom stereocenters. The Morgan fingerprint density at radius 2 is 1.71 bits per heavy atom. The quantitative estimate of drug-likeness (QED) is 0.540. The van der Waals surface area contributed by atoms with Gasteiger partial charge in [0.25, 0.3) is 0 Å². The minimum absolute atomic E-state index is 0.0538. The molecule has 0 aromatic heterocycles. The number of aliphatic hydroxyl groups excluding tert-OH is 1. The Kier molecular flexibility index (Phi) is 7.73. The van der Waals surface area contributed by atoms with E-state index < -0.39 is 8.32 Å². The highest BCUT2D eigenvalue weighted by molar-refractivity contribution is 6.74. The minimum Gasteiger partial charge on any atom is -0.496 e. The molecule has 0 saturated carbocycles. The zero-order valence-electron chi connectivity index (χ0n) is 16.1. The van der Waals surface area contributed by atoms with Crippen LogP contribution in [0.25, 0.3) is 0 Å². The highest BCUT2D eigenvalue weighted by Crippen LogP contribution is 2.38. The van der Waals surface area contributed by atoms with Crippen molar-refractivity contribution in [2.45, 2.75) is 51.9 Å². The summed E-state index contributed by atoms with van der Waals surface area (Å²) in [6.45, 7) is 11.8. The second-order valence-corrected chi connectivity index (χ2v) is 12.2. The van der Waals surface area contributed by atoms with E-state index >= 15 is 0 Å². The van der Waals surface area contributed by atoms with Gasteiger partial charge < -0.3 is 23.7 Å². The van der Waals surface area contributed by atoms with Crippen molar-refractivity contribution in [2.24, 2.45) is 0 Å². The van der Waals surface area contributed by atoms with Crippen LogP contribution < -0.4 is 9.47 Å². The van der Waals surface area contributed by atoms with E-state index in [1.807, 2.05) is 12.1 Å². The molecule has 0 fully saturated rings. The summed E-state index contributed by atoms with van der Waals surface area (Å²) < 4.78 is 22.4. The molecule has 0 aliphatic rings.